The van der Waals surface area contributed by atoms with Crippen LogP contribution in [0.3, 0.4) is 0 Å². The highest BCUT2D eigenvalue weighted by Crippen LogP contribution is 2.28. The van der Waals surface area contributed by atoms with E-state index in [-0.39, 0.29) is 18.1 Å². The lowest BCUT2D eigenvalue weighted by atomic mass is 9.92. The molecule has 1 amide bonds. The maximum absolute atomic E-state index is 12.7. The van der Waals surface area contributed by atoms with Gasteiger partial charge in [0.05, 0.1) is 11.1 Å². The van der Waals surface area contributed by atoms with E-state index in [1.54, 1.807) is 0 Å². The van der Waals surface area contributed by atoms with Crippen LogP contribution in [0, 0.1) is 3.57 Å². The van der Waals surface area contributed by atoms with Crippen LogP contribution in [0.2, 0.25) is 5.02 Å². The highest BCUT2D eigenvalue weighted by atomic mass is 127. The summed E-state index contributed by atoms with van der Waals surface area (Å²) in [5.74, 6) is 0.864. The van der Waals surface area contributed by atoms with Gasteiger partial charge in [-0.15, -0.1) is 0 Å². The first-order valence-electron chi connectivity index (χ1n) is 10.2. The molecular weight excluding hydrogens is 499 g/mol. The van der Waals surface area contributed by atoms with Gasteiger partial charge in [-0.3, -0.25) is 4.79 Å². The molecular formula is C23H26ClIN2O2. The molecule has 0 bridgehead atoms. The molecule has 154 valence electrons. The number of likely N-dealkylation sites (N-methyl/N-ethyl adjacent to an activating group) is 1. The Balaban J connectivity index is 1.29. The zero-order valence-electron chi connectivity index (χ0n) is 16.6. The van der Waals surface area contributed by atoms with Crippen molar-refractivity contribution in [3.63, 3.8) is 0 Å². The van der Waals surface area contributed by atoms with Crippen molar-refractivity contribution in [3.8, 4) is 5.75 Å². The maximum atomic E-state index is 12.7. The van der Waals surface area contributed by atoms with Crippen LogP contribution in [-0.4, -0.2) is 36.5 Å². The summed E-state index contributed by atoms with van der Waals surface area (Å²) >= 11 is 8.40. The van der Waals surface area contributed by atoms with Gasteiger partial charge in [-0.05, 0) is 103 Å². The molecule has 0 radical (unpaired) electrons. The number of hydrogen-bond donors (Lipinski definition) is 1. The molecule has 2 aromatic rings. The van der Waals surface area contributed by atoms with Crippen LogP contribution in [-0.2, 0) is 13.0 Å². The van der Waals surface area contributed by atoms with Crippen molar-refractivity contribution in [1.82, 2.24) is 10.2 Å². The molecule has 1 fully saturated rings. The number of hydrogen-bond acceptors (Lipinski definition) is 3. The molecule has 4 rings (SSSR count). The van der Waals surface area contributed by atoms with Crippen LogP contribution in [0.1, 0.15) is 47.2 Å². The lowest BCUT2D eigenvalue weighted by Crippen LogP contribution is -2.39. The highest BCUT2D eigenvalue weighted by Gasteiger charge is 2.24. The van der Waals surface area contributed by atoms with E-state index in [1.165, 1.54) is 11.1 Å². The summed E-state index contributed by atoms with van der Waals surface area (Å²) in [6, 6.07) is 12.2. The molecule has 1 N–H and O–H groups in total. The van der Waals surface area contributed by atoms with E-state index in [4.69, 9.17) is 16.3 Å². The highest BCUT2D eigenvalue weighted by molar-refractivity contribution is 14.1. The predicted octanol–water partition coefficient (Wildman–Crippen LogP) is 5.05. The minimum Gasteiger partial charge on any atom is -0.490 e. The Kier molecular flexibility index (Phi) is 6.66. The minimum atomic E-state index is 0.0421. The Morgan fingerprint density at radius 1 is 1.14 bits per heavy atom. The molecule has 0 saturated heterocycles. The molecule has 2 aromatic carbocycles. The molecule has 0 atom stereocenters. The second kappa shape index (κ2) is 9.23. The number of amides is 1. The van der Waals surface area contributed by atoms with Gasteiger partial charge < -0.3 is 15.0 Å². The van der Waals surface area contributed by atoms with Crippen LogP contribution in [0.25, 0.3) is 0 Å². The summed E-state index contributed by atoms with van der Waals surface area (Å²) in [7, 11) is 2.14. The average molecular weight is 525 g/mol. The number of carbonyl (C=O) groups is 1. The van der Waals surface area contributed by atoms with Crippen LogP contribution < -0.4 is 10.1 Å². The summed E-state index contributed by atoms with van der Waals surface area (Å²) in [4.78, 5) is 15.0. The Hall–Kier alpha value is -1.31. The quantitative estimate of drug-likeness (QED) is 0.569. The molecule has 1 saturated carbocycles. The summed E-state index contributed by atoms with van der Waals surface area (Å²) in [5.41, 5.74) is 3.42. The van der Waals surface area contributed by atoms with Crippen LogP contribution in [0.15, 0.2) is 36.4 Å². The lowest BCUT2D eigenvalue weighted by Gasteiger charge is -2.30. The molecule has 1 aliphatic carbocycles. The van der Waals surface area contributed by atoms with E-state index in [9.17, 15) is 4.79 Å². The number of nitrogens with zero attached hydrogens (tertiary/aromatic N) is 1. The molecule has 29 heavy (non-hydrogen) atoms. The number of nitrogens with one attached hydrogen (secondary N) is 1. The summed E-state index contributed by atoms with van der Waals surface area (Å²) in [6.45, 7) is 2.01. The first kappa shape index (κ1) is 20.9. The molecule has 4 nitrogen and oxygen atoms in total. The molecule has 1 aliphatic heterocycles. The second-order valence-electron chi connectivity index (χ2n) is 8.11. The monoisotopic (exact) mass is 524 g/mol. The van der Waals surface area contributed by atoms with Crippen molar-refractivity contribution in [3.05, 3.63) is 61.7 Å². The molecule has 1 heterocycles. The van der Waals surface area contributed by atoms with Crippen molar-refractivity contribution in [2.75, 3.05) is 13.6 Å². The molecule has 0 unspecified atom stereocenters. The van der Waals surface area contributed by atoms with Gasteiger partial charge in [-0.25, -0.2) is 0 Å². The van der Waals surface area contributed by atoms with Crippen molar-refractivity contribution < 1.29 is 9.53 Å². The first-order valence-corrected chi connectivity index (χ1v) is 11.7. The number of fused-ring (bicyclic) bond motifs is 1. The first-order chi connectivity index (χ1) is 14.0. The van der Waals surface area contributed by atoms with Gasteiger partial charge in [0.25, 0.3) is 5.91 Å². The Labute approximate surface area is 191 Å². The Morgan fingerprint density at radius 3 is 2.69 bits per heavy atom. The number of carbonyl (C=O) groups excluding carboxylic acids is 1. The smallest absolute Gasteiger partial charge is 0.251 e. The SMILES string of the molecule is CN1CCc2cc(C(=O)NC3CCC(Oc4ccc(I)c(Cl)c4)CC3)ccc2C1. The van der Waals surface area contributed by atoms with Crippen molar-refractivity contribution in [2.45, 2.75) is 50.8 Å². The van der Waals surface area contributed by atoms with E-state index in [1.807, 2.05) is 24.3 Å². The standard InChI is InChI=1S/C23H26ClIN2O2/c1-27-11-10-15-12-16(2-3-17(15)14-27)23(28)26-18-4-6-19(7-5-18)29-20-8-9-22(25)21(24)13-20/h2-3,8-9,12-13,18-19H,4-7,10-11,14H2,1H3,(H,26,28). The number of ether oxygens (including phenoxy) is 1. The van der Waals surface area contributed by atoms with Gasteiger partial charge in [0.1, 0.15) is 5.75 Å². The van der Waals surface area contributed by atoms with Gasteiger partial charge >= 0.3 is 0 Å². The fourth-order valence-corrected chi connectivity index (χ4v) is 4.68. The third kappa shape index (κ3) is 5.25. The predicted molar refractivity (Wildman–Crippen MR) is 125 cm³/mol. The number of halogens is 2. The third-order valence-corrected chi connectivity index (χ3v) is 7.45. The van der Waals surface area contributed by atoms with E-state index in [0.29, 0.717) is 0 Å². The summed E-state index contributed by atoms with van der Waals surface area (Å²) in [6.07, 6.45) is 4.93. The Bertz CT molecular complexity index is 896. The third-order valence-electron chi connectivity index (χ3n) is 5.87. The fraction of sp³-hybridized carbons (Fsp3) is 0.435. The van der Waals surface area contributed by atoms with Crippen molar-refractivity contribution in [2.24, 2.45) is 0 Å². The van der Waals surface area contributed by atoms with E-state index < -0.39 is 0 Å². The summed E-state index contributed by atoms with van der Waals surface area (Å²) in [5, 5.41) is 3.95. The van der Waals surface area contributed by atoms with Crippen molar-refractivity contribution in [1.29, 1.82) is 0 Å². The maximum Gasteiger partial charge on any atom is 0.251 e. The normalized spacial score (nSPS) is 22.0. The van der Waals surface area contributed by atoms with Crippen LogP contribution >= 0.6 is 34.2 Å². The number of rotatable bonds is 4. The van der Waals surface area contributed by atoms with E-state index in [2.05, 4.69) is 52.0 Å². The van der Waals surface area contributed by atoms with E-state index >= 15 is 0 Å². The van der Waals surface area contributed by atoms with E-state index in [0.717, 1.165) is 65.1 Å². The average Bonchev–Trinajstić information content (AvgIpc) is 2.72. The zero-order chi connectivity index (χ0) is 20.4. The van der Waals surface area contributed by atoms with Crippen LogP contribution in [0.5, 0.6) is 5.75 Å². The molecule has 0 spiro atoms. The zero-order valence-corrected chi connectivity index (χ0v) is 19.5. The Morgan fingerprint density at radius 2 is 1.93 bits per heavy atom. The molecule has 0 aromatic heterocycles. The minimum absolute atomic E-state index is 0.0421. The topological polar surface area (TPSA) is 41.6 Å². The molecule has 2 aliphatic rings. The van der Waals surface area contributed by atoms with Gasteiger partial charge in [0, 0.05) is 28.3 Å². The largest absolute Gasteiger partial charge is 0.490 e. The van der Waals surface area contributed by atoms with Crippen LogP contribution in [0.4, 0.5) is 0 Å². The number of benzene rings is 2. The second-order valence-corrected chi connectivity index (χ2v) is 9.68. The van der Waals surface area contributed by atoms with Gasteiger partial charge in [0.2, 0.25) is 0 Å². The summed E-state index contributed by atoms with van der Waals surface area (Å²) < 4.78 is 7.12. The van der Waals surface area contributed by atoms with Gasteiger partial charge in [0.15, 0.2) is 0 Å². The molecule has 6 heteroatoms. The lowest BCUT2D eigenvalue weighted by molar-refractivity contribution is 0.0893. The fourth-order valence-electron chi connectivity index (χ4n) is 4.17. The van der Waals surface area contributed by atoms with Crippen molar-refractivity contribution >= 4 is 40.1 Å². The van der Waals surface area contributed by atoms with Gasteiger partial charge in [-0.2, -0.15) is 0 Å². The van der Waals surface area contributed by atoms with Gasteiger partial charge in [-0.1, -0.05) is 17.7 Å².